The second kappa shape index (κ2) is 7.57. The van der Waals surface area contributed by atoms with Crippen molar-refractivity contribution in [2.75, 3.05) is 7.05 Å². The molecular weight excluding hydrogens is 317 g/mol. The predicted octanol–water partition coefficient (Wildman–Crippen LogP) is 4.12. The number of carbonyl (C=O) groups excluding carboxylic acids is 1. The molecule has 0 aliphatic heterocycles. The highest BCUT2D eigenvalue weighted by molar-refractivity contribution is 6.31. The van der Waals surface area contributed by atoms with Crippen molar-refractivity contribution >= 4 is 17.5 Å². The van der Waals surface area contributed by atoms with Crippen LogP contribution in [0.5, 0.6) is 0 Å². The third kappa shape index (κ3) is 4.30. The molecule has 23 heavy (non-hydrogen) atoms. The van der Waals surface area contributed by atoms with E-state index in [0.717, 1.165) is 5.56 Å². The first-order valence-electron chi connectivity index (χ1n) is 7.33. The predicted molar refractivity (Wildman–Crippen MR) is 88.6 cm³/mol. The number of aliphatic hydroxyl groups excluding tert-OH is 1. The Hall–Kier alpha value is -1.91. The minimum atomic E-state index is -1.04. The maximum atomic E-state index is 13.2. The van der Waals surface area contributed by atoms with Gasteiger partial charge < -0.3 is 10.0 Å². The summed E-state index contributed by atoms with van der Waals surface area (Å²) in [5, 5.41) is 10.7. The highest BCUT2D eigenvalue weighted by Gasteiger charge is 2.22. The molecule has 3 nitrogen and oxygen atoms in total. The number of nitrogens with zero attached hydrogens (tertiary/aromatic N) is 1. The molecule has 0 aliphatic carbocycles. The first kappa shape index (κ1) is 17.4. The van der Waals surface area contributed by atoms with Crippen LogP contribution in [0.3, 0.4) is 0 Å². The lowest BCUT2D eigenvalue weighted by atomic mass is 10.0. The van der Waals surface area contributed by atoms with Gasteiger partial charge in [0, 0.05) is 12.1 Å². The van der Waals surface area contributed by atoms with Crippen LogP contribution in [0.2, 0.25) is 5.02 Å². The van der Waals surface area contributed by atoms with Crippen LogP contribution in [0.15, 0.2) is 48.5 Å². The largest absolute Gasteiger partial charge is 0.388 e. The van der Waals surface area contributed by atoms with Crippen LogP contribution in [-0.2, 0) is 4.79 Å². The molecule has 0 aliphatic rings. The van der Waals surface area contributed by atoms with Gasteiger partial charge in [0.25, 0.3) is 0 Å². The SMILES string of the molecule is CC(c1ccccc1Cl)N(C)C(=O)CC(O)c1cccc(F)c1. The molecule has 0 saturated carbocycles. The summed E-state index contributed by atoms with van der Waals surface area (Å²) >= 11 is 6.16. The molecule has 0 saturated heterocycles. The van der Waals surface area contributed by atoms with Gasteiger partial charge >= 0.3 is 0 Å². The standard InChI is InChI=1S/C18H19ClFNO2/c1-12(15-8-3-4-9-16(15)19)21(2)18(23)11-17(22)13-6-5-7-14(20)10-13/h3-10,12,17,22H,11H2,1-2H3. The van der Waals surface area contributed by atoms with E-state index in [1.165, 1.54) is 23.1 Å². The molecule has 0 heterocycles. The van der Waals surface area contributed by atoms with Crippen molar-refractivity contribution in [1.29, 1.82) is 0 Å². The fourth-order valence-corrected chi connectivity index (χ4v) is 2.67. The summed E-state index contributed by atoms with van der Waals surface area (Å²) in [5.41, 5.74) is 1.22. The minimum absolute atomic E-state index is 0.116. The normalized spacial score (nSPS) is 13.4. The van der Waals surface area contributed by atoms with Gasteiger partial charge in [-0.3, -0.25) is 4.79 Å². The van der Waals surface area contributed by atoms with Crippen LogP contribution in [0.1, 0.15) is 36.6 Å². The Bertz CT molecular complexity index is 692. The average molecular weight is 336 g/mol. The smallest absolute Gasteiger partial charge is 0.225 e. The summed E-state index contributed by atoms with van der Waals surface area (Å²) in [7, 11) is 1.66. The van der Waals surface area contributed by atoms with E-state index in [1.54, 1.807) is 19.2 Å². The molecule has 2 atom stereocenters. The van der Waals surface area contributed by atoms with Gasteiger partial charge in [0.05, 0.1) is 18.6 Å². The zero-order valence-corrected chi connectivity index (χ0v) is 13.8. The van der Waals surface area contributed by atoms with Gasteiger partial charge in [0.15, 0.2) is 0 Å². The highest BCUT2D eigenvalue weighted by Crippen LogP contribution is 2.27. The van der Waals surface area contributed by atoms with Crippen molar-refractivity contribution in [2.24, 2.45) is 0 Å². The Balaban J connectivity index is 2.06. The molecule has 0 spiro atoms. The number of hydrogen-bond donors (Lipinski definition) is 1. The van der Waals surface area contributed by atoms with Crippen molar-refractivity contribution in [1.82, 2.24) is 4.90 Å². The number of aliphatic hydroxyl groups is 1. The zero-order valence-electron chi connectivity index (χ0n) is 13.0. The van der Waals surface area contributed by atoms with Crippen LogP contribution in [-0.4, -0.2) is 23.0 Å². The van der Waals surface area contributed by atoms with Crippen LogP contribution >= 0.6 is 11.6 Å². The lowest BCUT2D eigenvalue weighted by molar-refractivity contribution is -0.134. The van der Waals surface area contributed by atoms with E-state index in [9.17, 15) is 14.3 Å². The van der Waals surface area contributed by atoms with E-state index < -0.39 is 11.9 Å². The van der Waals surface area contributed by atoms with Gasteiger partial charge in [-0.15, -0.1) is 0 Å². The summed E-state index contributed by atoms with van der Waals surface area (Å²) in [5.74, 6) is -0.680. The Kier molecular flexibility index (Phi) is 5.74. The minimum Gasteiger partial charge on any atom is -0.388 e. The summed E-state index contributed by atoms with van der Waals surface area (Å²) in [6, 6.07) is 12.7. The lowest BCUT2D eigenvalue weighted by Crippen LogP contribution is -2.30. The van der Waals surface area contributed by atoms with E-state index in [-0.39, 0.29) is 18.4 Å². The highest BCUT2D eigenvalue weighted by atomic mass is 35.5. The molecule has 5 heteroatoms. The summed E-state index contributed by atoms with van der Waals surface area (Å²) in [4.78, 5) is 13.9. The molecule has 2 rings (SSSR count). The number of hydrogen-bond acceptors (Lipinski definition) is 2. The van der Waals surface area contributed by atoms with Crippen molar-refractivity contribution in [3.05, 3.63) is 70.5 Å². The van der Waals surface area contributed by atoms with Crippen molar-refractivity contribution in [3.63, 3.8) is 0 Å². The second-order valence-electron chi connectivity index (χ2n) is 5.48. The fraction of sp³-hybridized carbons (Fsp3) is 0.278. The maximum Gasteiger partial charge on any atom is 0.225 e. The molecule has 2 aromatic rings. The van der Waals surface area contributed by atoms with E-state index >= 15 is 0 Å². The third-order valence-electron chi connectivity index (χ3n) is 3.93. The quantitative estimate of drug-likeness (QED) is 0.892. The van der Waals surface area contributed by atoms with Gasteiger partial charge in [-0.2, -0.15) is 0 Å². The van der Waals surface area contributed by atoms with Gasteiger partial charge in [0.2, 0.25) is 5.91 Å². The summed E-state index contributed by atoms with van der Waals surface area (Å²) < 4.78 is 13.2. The second-order valence-corrected chi connectivity index (χ2v) is 5.88. The molecule has 0 aromatic heterocycles. The van der Waals surface area contributed by atoms with Crippen LogP contribution in [0.25, 0.3) is 0 Å². The summed E-state index contributed by atoms with van der Waals surface area (Å²) in [6.07, 6.45) is -1.16. The molecule has 2 aromatic carbocycles. The molecule has 1 N–H and O–H groups in total. The number of benzene rings is 2. The van der Waals surface area contributed by atoms with Crippen molar-refractivity contribution in [3.8, 4) is 0 Å². The number of rotatable bonds is 5. The van der Waals surface area contributed by atoms with Gasteiger partial charge in [0.1, 0.15) is 5.82 Å². The fourth-order valence-electron chi connectivity index (χ4n) is 2.38. The van der Waals surface area contributed by atoms with Crippen molar-refractivity contribution < 1.29 is 14.3 Å². The third-order valence-corrected chi connectivity index (χ3v) is 4.28. The molecule has 2 unspecified atom stereocenters. The van der Waals surface area contributed by atoms with Gasteiger partial charge in [-0.25, -0.2) is 4.39 Å². The van der Waals surface area contributed by atoms with Crippen molar-refractivity contribution in [2.45, 2.75) is 25.5 Å². The molecule has 122 valence electrons. The van der Waals surface area contributed by atoms with Gasteiger partial charge in [-0.05, 0) is 36.2 Å². The molecule has 0 radical (unpaired) electrons. The lowest BCUT2D eigenvalue weighted by Gasteiger charge is -2.27. The topological polar surface area (TPSA) is 40.5 Å². The Labute approximate surface area is 140 Å². The molecule has 1 amide bonds. The number of halogens is 2. The summed E-state index contributed by atoms with van der Waals surface area (Å²) in [6.45, 7) is 1.87. The van der Waals surface area contributed by atoms with Gasteiger partial charge in [-0.1, -0.05) is 41.9 Å². The Morgan fingerprint density at radius 3 is 2.61 bits per heavy atom. The Morgan fingerprint density at radius 2 is 1.96 bits per heavy atom. The number of carbonyl (C=O) groups is 1. The molecular formula is C18H19ClFNO2. The van der Waals surface area contributed by atoms with Crippen LogP contribution < -0.4 is 0 Å². The molecule has 0 fully saturated rings. The Morgan fingerprint density at radius 1 is 1.26 bits per heavy atom. The molecule has 0 bridgehead atoms. The van der Waals surface area contributed by atoms with E-state index in [4.69, 9.17) is 11.6 Å². The van der Waals surface area contributed by atoms with Crippen LogP contribution in [0, 0.1) is 5.82 Å². The van der Waals surface area contributed by atoms with E-state index in [2.05, 4.69) is 0 Å². The first-order valence-corrected chi connectivity index (χ1v) is 7.71. The van der Waals surface area contributed by atoms with E-state index in [1.807, 2.05) is 25.1 Å². The average Bonchev–Trinajstić information content (AvgIpc) is 2.53. The van der Waals surface area contributed by atoms with Crippen LogP contribution in [0.4, 0.5) is 4.39 Å². The monoisotopic (exact) mass is 335 g/mol. The zero-order chi connectivity index (χ0) is 17.0. The van der Waals surface area contributed by atoms with E-state index in [0.29, 0.717) is 10.6 Å². The maximum absolute atomic E-state index is 13.2. The first-order chi connectivity index (χ1) is 10.9. The number of amides is 1.